The summed E-state index contributed by atoms with van der Waals surface area (Å²) in [4.78, 5) is 28.2. The number of nitrogens with zero attached hydrogens (tertiary/aromatic N) is 2. The summed E-state index contributed by atoms with van der Waals surface area (Å²) < 4.78 is 6.23. The molecule has 5 rings (SSSR count). The van der Waals surface area contributed by atoms with Crippen molar-refractivity contribution in [3.05, 3.63) is 42.0 Å². The van der Waals surface area contributed by atoms with Crippen molar-refractivity contribution in [2.24, 2.45) is 11.8 Å². The molecule has 2 amide bonds. The standard InChI is InChI=1S/C22H20N2O4/c1-21-8-9-22(28-21,10-11-25)18-17(21)19(26)24(20(18)27)16-7-6-13(12-23)14-4-2-3-5-15(14)16/h2-7,17-18,25H,8-11H2,1H3/t17-,18+,21-,22-/m0/s1. The fourth-order valence-corrected chi connectivity index (χ4v) is 5.61. The average molecular weight is 376 g/mol. The van der Waals surface area contributed by atoms with Gasteiger partial charge in [0.1, 0.15) is 0 Å². The molecule has 3 aliphatic heterocycles. The van der Waals surface area contributed by atoms with Crippen LogP contribution >= 0.6 is 0 Å². The maximum Gasteiger partial charge on any atom is 0.240 e. The van der Waals surface area contributed by atoms with E-state index in [0.717, 1.165) is 5.39 Å². The molecule has 0 unspecified atom stereocenters. The highest BCUT2D eigenvalue weighted by Gasteiger charge is 2.73. The summed E-state index contributed by atoms with van der Waals surface area (Å²) in [5, 5.41) is 20.4. The number of hydrogen-bond donors (Lipinski definition) is 1. The summed E-state index contributed by atoms with van der Waals surface area (Å²) in [5.41, 5.74) is -0.422. The maximum atomic E-state index is 13.5. The Labute approximate surface area is 162 Å². The van der Waals surface area contributed by atoms with Crippen molar-refractivity contribution >= 4 is 28.3 Å². The number of carbonyl (C=O) groups excluding carboxylic acids is 2. The third-order valence-electron chi connectivity index (χ3n) is 6.81. The van der Waals surface area contributed by atoms with Crippen LogP contribution in [0.15, 0.2) is 36.4 Å². The number of ether oxygens (including phenoxy) is 1. The zero-order valence-corrected chi connectivity index (χ0v) is 15.5. The second-order valence-corrected chi connectivity index (χ2v) is 8.21. The lowest BCUT2D eigenvalue weighted by Crippen LogP contribution is -2.42. The number of nitriles is 1. The van der Waals surface area contributed by atoms with Gasteiger partial charge in [-0.1, -0.05) is 24.3 Å². The highest BCUT2D eigenvalue weighted by molar-refractivity contribution is 6.26. The Morgan fingerprint density at radius 1 is 1.14 bits per heavy atom. The molecule has 3 fully saturated rings. The average Bonchev–Trinajstić information content (AvgIpc) is 3.26. The van der Waals surface area contributed by atoms with E-state index in [4.69, 9.17) is 4.74 Å². The van der Waals surface area contributed by atoms with Crippen molar-refractivity contribution in [1.29, 1.82) is 5.26 Å². The van der Waals surface area contributed by atoms with Crippen LogP contribution in [0.2, 0.25) is 0 Å². The zero-order valence-electron chi connectivity index (χ0n) is 15.5. The van der Waals surface area contributed by atoms with E-state index in [2.05, 4.69) is 6.07 Å². The van der Waals surface area contributed by atoms with Gasteiger partial charge >= 0.3 is 0 Å². The van der Waals surface area contributed by atoms with Crippen LogP contribution in [-0.4, -0.2) is 34.7 Å². The van der Waals surface area contributed by atoms with E-state index in [0.29, 0.717) is 35.9 Å². The number of aliphatic hydroxyl groups excluding tert-OH is 1. The number of fused-ring (bicyclic) bond motifs is 6. The van der Waals surface area contributed by atoms with Gasteiger partial charge in [-0.3, -0.25) is 9.59 Å². The van der Waals surface area contributed by atoms with Crippen LogP contribution in [0, 0.1) is 23.2 Å². The zero-order chi connectivity index (χ0) is 19.7. The third-order valence-corrected chi connectivity index (χ3v) is 6.81. The van der Waals surface area contributed by atoms with Crippen molar-refractivity contribution in [2.45, 2.75) is 37.4 Å². The molecule has 0 saturated carbocycles. The quantitative estimate of drug-likeness (QED) is 0.832. The third kappa shape index (κ3) is 1.98. The summed E-state index contributed by atoms with van der Waals surface area (Å²) in [6, 6.07) is 12.8. The van der Waals surface area contributed by atoms with Crippen molar-refractivity contribution in [1.82, 2.24) is 0 Å². The summed E-state index contributed by atoms with van der Waals surface area (Å²) in [6.07, 6.45) is 1.73. The number of imide groups is 1. The van der Waals surface area contributed by atoms with Crippen LogP contribution < -0.4 is 4.90 Å². The molecule has 28 heavy (non-hydrogen) atoms. The highest BCUT2D eigenvalue weighted by Crippen LogP contribution is 2.62. The number of benzene rings is 2. The van der Waals surface area contributed by atoms with Gasteiger partial charge in [0.25, 0.3) is 0 Å². The minimum Gasteiger partial charge on any atom is -0.396 e. The summed E-state index contributed by atoms with van der Waals surface area (Å²) in [7, 11) is 0. The number of rotatable bonds is 3. The van der Waals surface area contributed by atoms with Crippen molar-refractivity contribution in [2.75, 3.05) is 11.5 Å². The minimum absolute atomic E-state index is 0.0828. The number of aliphatic hydroxyl groups is 1. The number of amides is 2. The van der Waals surface area contributed by atoms with Gasteiger partial charge in [-0.2, -0.15) is 5.26 Å². The molecule has 0 spiro atoms. The second kappa shape index (κ2) is 5.63. The molecule has 2 aromatic carbocycles. The summed E-state index contributed by atoms with van der Waals surface area (Å²) in [6.45, 7) is 1.82. The molecule has 0 radical (unpaired) electrons. The molecule has 142 valence electrons. The Morgan fingerprint density at radius 2 is 1.86 bits per heavy atom. The number of carbonyl (C=O) groups is 2. The minimum atomic E-state index is -0.766. The Balaban J connectivity index is 1.67. The fourth-order valence-electron chi connectivity index (χ4n) is 5.61. The van der Waals surface area contributed by atoms with Crippen molar-refractivity contribution < 1.29 is 19.4 Å². The molecule has 3 heterocycles. The molecule has 3 aliphatic rings. The van der Waals surface area contributed by atoms with Gasteiger partial charge in [-0.05, 0) is 31.9 Å². The SMILES string of the molecule is C[C@@]12CC[C@@](CCO)(O1)[C@H]1C(=O)N(c3ccc(C#N)c4ccccc34)C(=O)[C@H]12. The molecule has 1 N–H and O–H groups in total. The molecule has 2 bridgehead atoms. The van der Waals surface area contributed by atoms with E-state index in [1.54, 1.807) is 12.1 Å². The largest absolute Gasteiger partial charge is 0.396 e. The predicted octanol–water partition coefficient (Wildman–Crippen LogP) is 2.52. The van der Waals surface area contributed by atoms with E-state index in [1.807, 2.05) is 31.2 Å². The first-order chi connectivity index (χ1) is 13.5. The van der Waals surface area contributed by atoms with E-state index in [9.17, 15) is 20.0 Å². The summed E-state index contributed by atoms with van der Waals surface area (Å²) in [5.74, 6) is -1.61. The topological polar surface area (TPSA) is 90.6 Å². The predicted molar refractivity (Wildman–Crippen MR) is 101 cm³/mol. The van der Waals surface area contributed by atoms with E-state index >= 15 is 0 Å². The molecule has 6 nitrogen and oxygen atoms in total. The van der Waals surface area contributed by atoms with Gasteiger partial charge < -0.3 is 9.84 Å². The number of hydrogen-bond acceptors (Lipinski definition) is 5. The lowest BCUT2D eigenvalue weighted by atomic mass is 9.67. The summed E-state index contributed by atoms with van der Waals surface area (Å²) >= 11 is 0. The molecular formula is C22H20N2O4. The van der Waals surface area contributed by atoms with Gasteiger partial charge in [-0.15, -0.1) is 0 Å². The van der Waals surface area contributed by atoms with Crippen LogP contribution in [0.5, 0.6) is 0 Å². The Hall–Kier alpha value is -2.75. The normalized spacial score (nSPS) is 33.5. The Bertz CT molecular complexity index is 1070. The van der Waals surface area contributed by atoms with E-state index in [1.165, 1.54) is 4.90 Å². The van der Waals surface area contributed by atoms with Crippen LogP contribution in [0.4, 0.5) is 5.69 Å². The molecule has 0 aliphatic carbocycles. The Kier molecular flexibility index (Phi) is 3.49. The van der Waals surface area contributed by atoms with Crippen molar-refractivity contribution in [3.63, 3.8) is 0 Å². The Morgan fingerprint density at radius 3 is 2.57 bits per heavy atom. The highest BCUT2D eigenvalue weighted by atomic mass is 16.5. The van der Waals surface area contributed by atoms with E-state index in [-0.39, 0.29) is 18.4 Å². The monoisotopic (exact) mass is 376 g/mol. The molecule has 4 atom stereocenters. The van der Waals surface area contributed by atoms with Crippen LogP contribution in [-0.2, 0) is 14.3 Å². The second-order valence-electron chi connectivity index (χ2n) is 8.21. The number of anilines is 1. The smallest absolute Gasteiger partial charge is 0.240 e. The van der Waals surface area contributed by atoms with Crippen LogP contribution in [0.25, 0.3) is 10.8 Å². The lowest BCUT2D eigenvalue weighted by molar-refractivity contribution is -0.131. The van der Waals surface area contributed by atoms with Gasteiger partial charge in [0, 0.05) is 23.8 Å². The molecule has 3 saturated heterocycles. The van der Waals surface area contributed by atoms with Gasteiger partial charge in [0.2, 0.25) is 11.8 Å². The lowest BCUT2D eigenvalue weighted by Gasteiger charge is -2.30. The van der Waals surface area contributed by atoms with Crippen LogP contribution in [0.3, 0.4) is 0 Å². The maximum absolute atomic E-state index is 13.5. The van der Waals surface area contributed by atoms with Gasteiger partial charge in [0.05, 0.1) is 40.4 Å². The first-order valence-corrected chi connectivity index (χ1v) is 9.56. The first kappa shape index (κ1) is 17.4. The molecular weight excluding hydrogens is 356 g/mol. The van der Waals surface area contributed by atoms with Crippen molar-refractivity contribution in [3.8, 4) is 6.07 Å². The first-order valence-electron chi connectivity index (χ1n) is 9.56. The molecule has 6 heteroatoms. The van der Waals surface area contributed by atoms with E-state index < -0.39 is 23.0 Å². The van der Waals surface area contributed by atoms with Gasteiger partial charge in [0.15, 0.2) is 0 Å². The molecule has 2 aromatic rings. The van der Waals surface area contributed by atoms with Crippen LogP contribution in [0.1, 0.15) is 31.7 Å². The molecule has 0 aromatic heterocycles. The van der Waals surface area contributed by atoms with Gasteiger partial charge in [-0.25, -0.2) is 4.90 Å². The fraction of sp³-hybridized carbons (Fsp3) is 0.409.